The first-order valence-corrected chi connectivity index (χ1v) is 5.74. The average Bonchev–Trinajstić information content (AvgIpc) is 2.67. The number of hydrogen-bond donors (Lipinski definition) is 1. The number of sulfone groups is 1. The normalized spacial score (nSPS) is 17.7. The van der Waals surface area contributed by atoms with Crippen LogP contribution in [0.4, 0.5) is 0 Å². The molecule has 0 aromatic heterocycles. The third-order valence-electron chi connectivity index (χ3n) is 1.81. The van der Waals surface area contributed by atoms with Gasteiger partial charge in [-0.2, -0.15) is 0 Å². The lowest BCUT2D eigenvalue weighted by atomic mass is 10.5. The molecule has 0 saturated heterocycles. The number of hydrogen-bond acceptors (Lipinski definition) is 3. The van der Waals surface area contributed by atoms with Crippen molar-refractivity contribution < 1.29 is 18.3 Å². The molecule has 1 aliphatic rings. The second kappa shape index (κ2) is 3.43. The van der Waals surface area contributed by atoms with Crippen LogP contribution in [0.3, 0.4) is 0 Å². The monoisotopic (exact) mass is 192 g/mol. The summed E-state index contributed by atoms with van der Waals surface area (Å²) in [5.41, 5.74) is 0. The summed E-state index contributed by atoms with van der Waals surface area (Å²) in [5, 5.41) is 8.26. The third kappa shape index (κ3) is 3.71. The third-order valence-corrected chi connectivity index (χ3v) is 3.62. The van der Waals surface area contributed by atoms with E-state index in [1.165, 1.54) is 0 Å². The largest absolute Gasteiger partial charge is 0.481 e. The Balaban J connectivity index is 2.31. The molecule has 0 unspecified atom stereocenters. The zero-order valence-corrected chi connectivity index (χ0v) is 7.51. The summed E-state index contributed by atoms with van der Waals surface area (Å²) >= 11 is 0. The van der Waals surface area contributed by atoms with Gasteiger partial charge in [-0.3, -0.25) is 4.79 Å². The molecule has 0 amide bonds. The first kappa shape index (κ1) is 9.51. The van der Waals surface area contributed by atoms with Crippen LogP contribution in [0.2, 0.25) is 0 Å². The lowest BCUT2D eigenvalue weighted by Gasteiger charge is -1.99. The zero-order valence-electron chi connectivity index (χ0n) is 6.69. The van der Waals surface area contributed by atoms with Gasteiger partial charge in [0.1, 0.15) is 0 Å². The van der Waals surface area contributed by atoms with Crippen LogP contribution in [0.25, 0.3) is 0 Å². The Morgan fingerprint density at radius 3 is 2.42 bits per heavy atom. The molecule has 0 radical (unpaired) electrons. The van der Waals surface area contributed by atoms with Gasteiger partial charge in [0.15, 0.2) is 9.84 Å². The summed E-state index contributed by atoms with van der Waals surface area (Å²) in [5.74, 6) is -0.766. The minimum absolute atomic E-state index is 0.181. The van der Waals surface area contributed by atoms with E-state index in [1.54, 1.807) is 0 Å². The summed E-state index contributed by atoms with van der Waals surface area (Å²) in [4.78, 5) is 10.1. The van der Waals surface area contributed by atoms with E-state index in [1.807, 2.05) is 0 Å². The van der Waals surface area contributed by atoms with Crippen LogP contribution in [0.5, 0.6) is 0 Å². The molecule has 0 spiro atoms. The van der Waals surface area contributed by atoms with E-state index in [0.29, 0.717) is 5.92 Å². The number of aliphatic carboxylic acids is 1. The van der Waals surface area contributed by atoms with Crippen LogP contribution in [-0.4, -0.2) is 31.0 Å². The van der Waals surface area contributed by atoms with E-state index in [4.69, 9.17) is 5.11 Å². The van der Waals surface area contributed by atoms with Crippen LogP contribution in [0.15, 0.2) is 0 Å². The fourth-order valence-corrected chi connectivity index (χ4v) is 2.67. The lowest BCUT2D eigenvalue weighted by Crippen LogP contribution is -2.15. The van der Waals surface area contributed by atoms with E-state index in [-0.39, 0.29) is 17.9 Å². The maximum atomic E-state index is 11.1. The molecule has 0 heterocycles. The van der Waals surface area contributed by atoms with Crippen LogP contribution < -0.4 is 0 Å². The molecule has 1 saturated carbocycles. The highest BCUT2D eigenvalue weighted by atomic mass is 32.2. The number of rotatable bonds is 5. The van der Waals surface area contributed by atoms with Gasteiger partial charge >= 0.3 is 5.97 Å². The Bertz CT molecular complexity index is 263. The van der Waals surface area contributed by atoms with E-state index in [0.717, 1.165) is 12.8 Å². The highest BCUT2D eigenvalue weighted by molar-refractivity contribution is 7.91. The average molecular weight is 192 g/mol. The molecule has 1 aliphatic carbocycles. The van der Waals surface area contributed by atoms with E-state index in [2.05, 4.69) is 0 Å². The molecule has 0 aromatic carbocycles. The van der Waals surface area contributed by atoms with Crippen molar-refractivity contribution in [3.05, 3.63) is 0 Å². The maximum Gasteiger partial charge on any atom is 0.304 e. The summed E-state index contributed by atoms with van der Waals surface area (Å²) in [6.45, 7) is 0. The predicted molar refractivity (Wildman–Crippen MR) is 43.6 cm³/mol. The smallest absolute Gasteiger partial charge is 0.304 e. The second-order valence-electron chi connectivity index (χ2n) is 3.20. The molecule has 1 fully saturated rings. The van der Waals surface area contributed by atoms with Gasteiger partial charge < -0.3 is 5.11 Å². The molecular weight excluding hydrogens is 180 g/mol. The van der Waals surface area contributed by atoms with Crippen molar-refractivity contribution in [3.63, 3.8) is 0 Å². The van der Waals surface area contributed by atoms with E-state index < -0.39 is 15.8 Å². The molecule has 4 nitrogen and oxygen atoms in total. The molecule has 1 rings (SSSR count). The SMILES string of the molecule is O=C(O)CCS(=O)(=O)CC1CC1. The van der Waals surface area contributed by atoms with Crippen molar-refractivity contribution >= 4 is 15.8 Å². The van der Waals surface area contributed by atoms with Gasteiger partial charge in [0.25, 0.3) is 0 Å². The fourth-order valence-electron chi connectivity index (χ4n) is 0.970. The van der Waals surface area contributed by atoms with Gasteiger partial charge in [0, 0.05) is 0 Å². The van der Waals surface area contributed by atoms with Crippen molar-refractivity contribution in [2.24, 2.45) is 5.92 Å². The van der Waals surface area contributed by atoms with Crippen LogP contribution >= 0.6 is 0 Å². The Kier molecular flexibility index (Phi) is 2.72. The van der Waals surface area contributed by atoms with Gasteiger partial charge in [-0.25, -0.2) is 8.42 Å². The molecule has 0 aliphatic heterocycles. The quantitative estimate of drug-likeness (QED) is 0.679. The lowest BCUT2D eigenvalue weighted by molar-refractivity contribution is -0.136. The molecule has 1 N–H and O–H groups in total. The molecule has 70 valence electrons. The number of carboxylic acid groups (broad SMARTS) is 1. The molecule has 0 bridgehead atoms. The Hall–Kier alpha value is -0.580. The van der Waals surface area contributed by atoms with Crippen molar-refractivity contribution in [1.82, 2.24) is 0 Å². The van der Waals surface area contributed by atoms with Crippen molar-refractivity contribution in [3.8, 4) is 0 Å². The van der Waals surface area contributed by atoms with Crippen molar-refractivity contribution in [2.45, 2.75) is 19.3 Å². The second-order valence-corrected chi connectivity index (χ2v) is 5.43. The first-order chi connectivity index (χ1) is 5.49. The first-order valence-electron chi connectivity index (χ1n) is 3.92. The van der Waals surface area contributed by atoms with E-state index in [9.17, 15) is 13.2 Å². The van der Waals surface area contributed by atoms with Gasteiger partial charge in [-0.15, -0.1) is 0 Å². The minimum Gasteiger partial charge on any atom is -0.481 e. The van der Waals surface area contributed by atoms with Crippen molar-refractivity contribution in [1.29, 1.82) is 0 Å². The molecule has 12 heavy (non-hydrogen) atoms. The summed E-state index contributed by atoms with van der Waals surface area (Å²) in [6, 6.07) is 0. The maximum absolute atomic E-state index is 11.1. The zero-order chi connectivity index (χ0) is 9.19. The fraction of sp³-hybridized carbons (Fsp3) is 0.857. The standard InChI is InChI=1S/C7H12O4S/c8-7(9)3-4-12(10,11)5-6-1-2-6/h6H,1-5H2,(H,8,9). The van der Waals surface area contributed by atoms with Gasteiger partial charge in [-0.05, 0) is 18.8 Å². The highest BCUT2D eigenvalue weighted by Crippen LogP contribution is 2.30. The Labute approximate surface area is 71.5 Å². The minimum atomic E-state index is -3.09. The summed E-state index contributed by atoms with van der Waals surface area (Å²) < 4.78 is 22.2. The van der Waals surface area contributed by atoms with Gasteiger partial charge in [-0.1, -0.05) is 0 Å². The molecule has 0 atom stereocenters. The summed E-state index contributed by atoms with van der Waals surface area (Å²) in [6.07, 6.45) is 1.69. The number of carboxylic acids is 1. The van der Waals surface area contributed by atoms with Crippen LogP contribution in [-0.2, 0) is 14.6 Å². The highest BCUT2D eigenvalue weighted by Gasteiger charge is 2.27. The van der Waals surface area contributed by atoms with Crippen LogP contribution in [0, 0.1) is 5.92 Å². The van der Waals surface area contributed by atoms with Gasteiger partial charge in [0.2, 0.25) is 0 Å². The predicted octanol–water partition coefficient (Wildman–Crippen LogP) is 0.286. The van der Waals surface area contributed by atoms with E-state index >= 15 is 0 Å². The molecule has 0 aromatic rings. The molecular formula is C7H12O4S. The van der Waals surface area contributed by atoms with Crippen LogP contribution in [0.1, 0.15) is 19.3 Å². The summed E-state index contributed by atoms with van der Waals surface area (Å²) in [7, 11) is -3.09. The number of carbonyl (C=O) groups is 1. The topological polar surface area (TPSA) is 71.4 Å². The van der Waals surface area contributed by atoms with Gasteiger partial charge in [0.05, 0.1) is 17.9 Å². The Morgan fingerprint density at radius 2 is 2.00 bits per heavy atom. The Morgan fingerprint density at radius 1 is 1.42 bits per heavy atom. The molecule has 5 heteroatoms. The van der Waals surface area contributed by atoms with Crippen molar-refractivity contribution in [2.75, 3.05) is 11.5 Å².